The number of benzene rings is 1. The van der Waals surface area contributed by atoms with Gasteiger partial charge in [0, 0.05) is 31.4 Å². The van der Waals surface area contributed by atoms with E-state index in [-0.39, 0.29) is 11.9 Å². The lowest BCUT2D eigenvalue weighted by molar-refractivity contribution is 0.0940. The second-order valence-electron chi connectivity index (χ2n) is 5.60. The van der Waals surface area contributed by atoms with Crippen molar-refractivity contribution in [3.8, 4) is 0 Å². The zero-order chi connectivity index (χ0) is 15.9. The Morgan fingerprint density at radius 2 is 2.09 bits per heavy atom. The summed E-state index contributed by atoms with van der Waals surface area (Å²) < 4.78 is 3.69. The largest absolute Gasteiger partial charge is 0.345 e. The van der Waals surface area contributed by atoms with E-state index in [1.807, 2.05) is 56.9 Å². The van der Waals surface area contributed by atoms with Gasteiger partial charge in [-0.1, -0.05) is 0 Å². The number of rotatable bonds is 3. The smallest absolute Gasteiger partial charge is 0.251 e. The summed E-state index contributed by atoms with van der Waals surface area (Å²) in [6.45, 7) is 3.90. The minimum Gasteiger partial charge on any atom is -0.345 e. The third-order valence-electron chi connectivity index (χ3n) is 3.85. The Morgan fingerprint density at radius 3 is 2.77 bits per heavy atom. The Bertz CT molecular complexity index is 845. The van der Waals surface area contributed by atoms with E-state index in [0.717, 1.165) is 22.3 Å². The number of carbonyl (C=O) groups excluding carboxylic acids is 1. The second kappa shape index (κ2) is 5.29. The van der Waals surface area contributed by atoms with Crippen LogP contribution in [0.1, 0.15) is 34.6 Å². The van der Waals surface area contributed by atoms with Crippen molar-refractivity contribution in [1.82, 2.24) is 24.6 Å². The van der Waals surface area contributed by atoms with Crippen LogP contribution in [0.2, 0.25) is 0 Å². The van der Waals surface area contributed by atoms with E-state index in [4.69, 9.17) is 0 Å². The molecule has 0 bridgehead atoms. The van der Waals surface area contributed by atoms with Gasteiger partial charge >= 0.3 is 0 Å². The molecule has 1 amide bonds. The van der Waals surface area contributed by atoms with Gasteiger partial charge < -0.3 is 9.88 Å². The number of hydrogen-bond acceptors (Lipinski definition) is 3. The van der Waals surface area contributed by atoms with Crippen LogP contribution in [0, 0.1) is 6.92 Å². The normalized spacial score (nSPS) is 12.5. The van der Waals surface area contributed by atoms with E-state index < -0.39 is 0 Å². The fourth-order valence-electron chi connectivity index (χ4n) is 2.68. The van der Waals surface area contributed by atoms with Gasteiger partial charge in [0.2, 0.25) is 0 Å². The van der Waals surface area contributed by atoms with Crippen molar-refractivity contribution in [1.29, 1.82) is 0 Å². The van der Waals surface area contributed by atoms with Crippen LogP contribution in [0.3, 0.4) is 0 Å². The van der Waals surface area contributed by atoms with E-state index in [9.17, 15) is 4.79 Å². The monoisotopic (exact) mass is 297 g/mol. The number of amides is 1. The van der Waals surface area contributed by atoms with Crippen LogP contribution in [0.5, 0.6) is 0 Å². The minimum atomic E-state index is -0.108. The second-order valence-corrected chi connectivity index (χ2v) is 5.60. The highest BCUT2D eigenvalue weighted by Gasteiger charge is 2.16. The first-order valence-corrected chi connectivity index (χ1v) is 7.18. The number of aromatic nitrogens is 4. The van der Waals surface area contributed by atoms with Gasteiger partial charge in [-0.2, -0.15) is 5.10 Å². The maximum Gasteiger partial charge on any atom is 0.251 e. The summed E-state index contributed by atoms with van der Waals surface area (Å²) in [5, 5.41) is 7.32. The zero-order valence-electron chi connectivity index (χ0n) is 13.2. The molecule has 0 aliphatic carbocycles. The molecule has 1 N–H and O–H groups in total. The van der Waals surface area contributed by atoms with Crippen molar-refractivity contribution in [2.75, 3.05) is 0 Å². The Balaban J connectivity index is 1.82. The molecular formula is C16H19N5O. The van der Waals surface area contributed by atoms with Gasteiger partial charge in [0.05, 0.1) is 29.1 Å². The minimum absolute atomic E-state index is 0.0966. The molecular weight excluding hydrogens is 278 g/mol. The molecule has 22 heavy (non-hydrogen) atoms. The molecule has 2 heterocycles. The SMILES string of the molecule is Cc1nn(C)cc1[C@H](C)NC(=O)c1ccc2c(c1)ncn2C. The third kappa shape index (κ3) is 2.47. The molecule has 0 saturated heterocycles. The first kappa shape index (κ1) is 14.3. The van der Waals surface area contributed by atoms with Crippen LogP contribution < -0.4 is 5.32 Å². The summed E-state index contributed by atoms with van der Waals surface area (Å²) in [6.07, 6.45) is 3.68. The highest BCUT2D eigenvalue weighted by atomic mass is 16.1. The van der Waals surface area contributed by atoms with Crippen molar-refractivity contribution < 1.29 is 4.79 Å². The predicted octanol–water partition coefficient (Wildman–Crippen LogP) is 2.11. The fraction of sp³-hybridized carbons (Fsp3) is 0.312. The molecule has 0 radical (unpaired) electrons. The van der Waals surface area contributed by atoms with Gasteiger partial charge in [0.25, 0.3) is 5.91 Å². The van der Waals surface area contributed by atoms with Gasteiger partial charge in [-0.3, -0.25) is 9.48 Å². The molecule has 6 nitrogen and oxygen atoms in total. The highest BCUT2D eigenvalue weighted by molar-refractivity contribution is 5.97. The number of fused-ring (bicyclic) bond motifs is 1. The van der Waals surface area contributed by atoms with Crippen LogP contribution in [0.15, 0.2) is 30.7 Å². The number of nitrogens with one attached hydrogen (secondary N) is 1. The molecule has 0 spiro atoms. The maximum atomic E-state index is 12.4. The average Bonchev–Trinajstić information content (AvgIpc) is 3.01. The lowest BCUT2D eigenvalue weighted by Crippen LogP contribution is -2.26. The van der Waals surface area contributed by atoms with Crippen LogP contribution in [0.25, 0.3) is 11.0 Å². The summed E-state index contributed by atoms with van der Waals surface area (Å²) in [5.41, 5.74) is 4.39. The van der Waals surface area contributed by atoms with Gasteiger partial charge in [-0.25, -0.2) is 4.98 Å². The molecule has 0 aliphatic heterocycles. The van der Waals surface area contributed by atoms with Gasteiger partial charge in [0.1, 0.15) is 0 Å². The average molecular weight is 297 g/mol. The van der Waals surface area contributed by atoms with Crippen LogP contribution >= 0.6 is 0 Å². The lowest BCUT2D eigenvalue weighted by atomic mass is 10.1. The van der Waals surface area contributed by atoms with Crippen LogP contribution in [0.4, 0.5) is 0 Å². The molecule has 0 fully saturated rings. The molecule has 3 aromatic rings. The van der Waals surface area contributed by atoms with Crippen molar-refractivity contribution in [3.05, 3.63) is 47.5 Å². The number of carbonyl (C=O) groups is 1. The number of imidazole rings is 1. The van der Waals surface area contributed by atoms with Crippen molar-refractivity contribution >= 4 is 16.9 Å². The first-order valence-electron chi connectivity index (χ1n) is 7.18. The number of hydrogen-bond donors (Lipinski definition) is 1. The highest BCUT2D eigenvalue weighted by Crippen LogP contribution is 2.18. The topological polar surface area (TPSA) is 64.7 Å². The molecule has 2 aromatic heterocycles. The van der Waals surface area contributed by atoms with Crippen LogP contribution in [-0.2, 0) is 14.1 Å². The van der Waals surface area contributed by atoms with Crippen molar-refractivity contribution in [2.45, 2.75) is 19.9 Å². The summed E-state index contributed by atoms with van der Waals surface area (Å²) in [7, 11) is 3.81. The Morgan fingerprint density at radius 1 is 1.32 bits per heavy atom. The maximum absolute atomic E-state index is 12.4. The molecule has 114 valence electrons. The zero-order valence-corrected chi connectivity index (χ0v) is 13.2. The van der Waals surface area contributed by atoms with E-state index in [1.165, 1.54) is 0 Å². The molecule has 1 atom stereocenters. The van der Waals surface area contributed by atoms with E-state index in [0.29, 0.717) is 5.56 Å². The molecule has 1 aromatic carbocycles. The molecule has 6 heteroatoms. The number of nitrogens with zero attached hydrogens (tertiary/aromatic N) is 4. The van der Waals surface area contributed by atoms with E-state index >= 15 is 0 Å². The standard InChI is InChI=1S/C16H19N5O/c1-10(13-8-21(4)19-11(13)2)18-16(22)12-5-6-15-14(7-12)17-9-20(15)3/h5-10H,1-4H3,(H,18,22)/t10-/m0/s1. The van der Waals surface area contributed by atoms with Crippen molar-refractivity contribution in [2.24, 2.45) is 14.1 Å². The fourth-order valence-corrected chi connectivity index (χ4v) is 2.68. The van der Waals surface area contributed by atoms with E-state index in [1.54, 1.807) is 11.0 Å². The Labute approximate surface area is 128 Å². The third-order valence-corrected chi connectivity index (χ3v) is 3.85. The Kier molecular flexibility index (Phi) is 3.44. The first-order chi connectivity index (χ1) is 10.5. The molecule has 0 aliphatic rings. The summed E-state index contributed by atoms with van der Waals surface area (Å²) in [6, 6.07) is 5.45. The Hall–Kier alpha value is -2.63. The van der Waals surface area contributed by atoms with Gasteiger partial charge in [-0.15, -0.1) is 0 Å². The molecule has 0 unspecified atom stereocenters. The van der Waals surface area contributed by atoms with Crippen molar-refractivity contribution in [3.63, 3.8) is 0 Å². The lowest BCUT2D eigenvalue weighted by Gasteiger charge is -2.13. The van der Waals surface area contributed by atoms with Crippen LogP contribution in [-0.4, -0.2) is 25.2 Å². The summed E-state index contributed by atoms with van der Waals surface area (Å²) in [4.78, 5) is 16.7. The molecule has 0 saturated carbocycles. The molecule has 3 rings (SSSR count). The van der Waals surface area contributed by atoms with Gasteiger partial charge in [0.15, 0.2) is 0 Å². The summed E-state index contributed by atoms with van der Waals surface area (Å²) in [5.74, 6) is -0.108. The summed E-state index contributed by atoms with van der Waals surface area (Å²) >= 11 is 0. The predicted molar refractivity (Wildman–Crippen MR) is 84.5 cm³/mol. The quantitative estimate of drug-likeness (QED) is 0.805. The number of aryl methyl sites for hydroxylation is 3. The van der Waals surface area contributed by atoms with Gasteiger partial charge in [-0.05, 0) is 32.0 Å². The van der Waals surface area contributed by atoms with E-state index in [2.05, 4.69) is 15.4 Å².